The molecule has 0 radical (unpaired) electrons. The molecule has 0 aromatic carbocycles. The summed E-state index contributed by atoms with van der Waals surface area (Å²) in [5.74, 6) is 0.545. The molecule has 0 bridgehead atoms. The van der Waals surface area contributed by atoms with Gasteiger partial charge in [0, 0.05) is 25.0 Å². The highest BCUT2D eigenvalue weighted by Crippen LogP contribution is 2.21. The van der Waals surface area contributed by atoms with E-state index in [2.05, 4.69) is 12.2 Å². The highest BCUT2D eigenvalue weighted by molar-refractivity contribution is 5.79. The monoisotopic (exact) mass is 240 g/mol. The Labute approximate surface area is 104 Å². The third kappa shape index (κ3) is 3.19. The Morgan fingerprint density at radius 2 is 1.88 bits per heavy atom. The van der Waals surface area contributed by atoms with Gasteiger partial charge < -0.3 is 15.0 Å². The molecule has 0 aliphatic carbocycles. The number of nitrogens with one attached hydrogen (secondary N) is 1. The number of amides is 1. The van der Waals surface area contributed by atoms with Crippen molar-refractivity contribution >= 4 is 5.91 Å². The number of nitrogens with zero attached hydrogens (tertiary/aromatic N) is 1. The number of morpholine rings is 1. The SMILES string of the molecule is CC1CC(C(=O)N2C[C@@H](C)O[C@@H](C)C2)CCN1. The largest absolute Gasteiger partial charge is 0.372 e. The van der Waals surface area contributed by atoms with Crippen LogP contribution < -0.4 is 5.32 Å². The molecule has 0 aromatic rings. The van der Waals surface area contributed by atoms with Crippen LogP contribution in [0.25, 0.3) is 0 Å². The van der Waals surface area contributed by atoms with Crippen molar-refractivity contribution in [2.75, 3.05) is 19.6 Å². The summed E-state index contributed by atoms with van der Waals surface area (Å²) in [5.41, 5.74) is 0. The van der Waals surface area contributed by atoms with E-state index in [1.54, 1.807) is 0 Å². The molecule has 17 heavy (non-hydrogen) atoms. The number of ether oxygens (including phenoxy) is 1. The Morgan fingerprint density at radius 1 is 1.24 bits per heavy atom. The lowest BCUT2D eigenvalue weighted by Gasteiger charge is -2.38. The van der Waals surface area contributed by atoms with E-state index in [0.717, 1.165) is 32.5 Å². The Hall–Kier alpha value is -0.610. The van der Waals surface area contributed by atoms with E-state index < -0.39 is 0 Å². The first-order chi connectivity index (χ1) is 8.06. The van der Waals surface area contributed by atoms with Crippen LogP contribution in [0, 0.1) is 5.92 Å². The van der Waals surface area contributed by atoms with Crippen molar-refractivity contribution in [1.82, 2.24) is 10.2 Å². The van der Waals surface area contributed by atoms with Crippen LogP contribution in [0.1, 0.15) is 33.6 Å². The van der Waals surface area contributed by atoms with Gasteiger partial charge in [-0.3, -0.25) is 4.79 Å². The van der Waals surface area contributed by atoms with Gasteiger partial charge in [0.15, 0.2) is 0 Å². The summed E-state index contributed by atoms with van der Waals surface area (Å²) in [4.78, 5) is 14.4. The second kappa shape index (κ2) is 5.36. The molecule has 4 nitrogen and oxygen atoms in total. The first kappa shape index (κ1) is 12.8. The number of hydrogen-bond acceptors (Lipinski definition) is 3. The molecule has 0 saturated carbocycles. The van der Waals surface area contributed by atoms with Gasteiger partial charge in [0.25, 0.3) is 0 Å². The molecule has 0 spiro atoms. The first-order valence-electron chi connectivity index (χ1n) is 6.74. The van der Waals surface area contributed by atoms with Gasteiger partial charge in [0.1, 0.15) is 0 Å². The smallest absolute Gasteiger partial charge is 0.225 e. The summed E-state index contributed by atoms with van der Waals surface area (Å²) >= 11 is 0. The number of hydrogen-bond donors (Lipinski definition) is 1. The van der Waals surface area contributed by atoms with Gasteiger partial charge in [-0.15, -0.1) is 0 Å². The van der Waals surface area contributed by atoms with E-state index in [9.17, 15) is 4.79 Å². The lowest BCUT2D eigenvalue weighted by molar-refractivity contribution is -0.148. The number of rotatable bonds is 1. The summed E-state index contributed by atoms with van der Waals surface area (Å²) in [5, 5.41) is 3.39. The molecule has 4 heteroatoms. The number of carbonyl (C=O) groups excluding carboxylic acids is 1. The lowest BCUT2D eigenvalue weighted by Crippen LogP contribution is -2.52. The quantitative estimate of drug-likeness (QED) is 0.744. The number of carbonyl (C=O) groups is 1. The Morgan fingerprint density at radius 3 is 2.47 bits per heavy atom. The van der Waals surface area contributed by atoms with Crippen molar-refractivity contribution in [3.8, 4) is 0 Å². The van der Waals surface area contributed by atoms with Crippen molar-refractivity contribution in [2.45, 2.75) is 51.9 Å². The maximum Gasteiger partial charge on any atom is 0.225 e. The van der Waals surface area contributed by atoms with Gasteiger partial charge in [-0.2, -0.15) is 0 Å². The molecule has 2 aliphatic rings. The maximum atomic E-state index is 12.4. The molecule has 2 heterocycles. The van der Waals surface area contributed by atoms with E-state index in [1.165, 1.54) is 0 Å². The van der Waals surface area contributed by atoms with E-state index in [-0.39, 0.29) is 18.1 Å². The second-order valence-electron chi connectivity index (χ2n) is 5.58. The summed E-state index contributed by atoms with van der Waals surface area (Å²) in [6, 6.07) is 0.466. The van der Waals surface area contributed by atoms with Crippen LogP contribution in [-0.2, 0) is 9.53 Å². The highest BCUT2D eigenvalue weighted by atomic mass is 16.5. The minimum Gasteiger partial charge on any atom is -0.372 e. The first-order valence-corrected chi connectivity index (χ1v) is 6.74. The molecule has 2 rings (SSSR count). The third-order valence-corrected chi connectivity index (χ3v) is 3.70. The third-order valence-electron chi connectivity index (χ3n) is 3.70. The molecule has 1 amide bonds. The van der Waals surface area contributed by atoms with Crippen molar-refractivity contribution in [3.63, 3.8) is 0 Å². The van der Waals surface area contributed by atoms with Gasteiger partial charge in [0.05, 0.1) is 12.2 Å². The Kier molecular flexibility index (Phi) is 4.05. The van der Waals surface area contributed by atoms with E-state index in [1.807, 2.05) is 18.7 Å². The van der Waals surface area contributed by atoms with Gasteiger partial charge >= 0.3 is 0 Å². The maximum absolute atomic E-state index is 12.4. The van der Waals surface area contributed by atoms with Crippen LogP contribution in [0.4, 0.5) is 0 Å². The molecule has 98 valence electrons. The minimum atomic E-state index is 0.168. The topological polar surface area (TPSA) is 41.6 Å². The van der Waals surface area contributed by atoms with Crippen LogP contribution in [0.3, 0.4) is 0 Å². The fraction of sp³-hybridized carbons (Fsp3) is 0.923. The van der Waals surface area contributed by atoms with Gasteiger partial charge in [-0.25, -0.2) is 0 Å². The van der Waals surface area contributed by atoms with Gasteiger partial charge in [-0.1, -0.05) is 0 Å². The van der Waals surface area contributed by atoms with Crippen molar-refractivity contribution in [2.24, 2.45) is 5.92 Å². The number of piperidine rings is 1. The molecule has 1 N–H and O–H groups in total. The van der Waals surface area contributed by atoms with Crippen LogP contribution in [0.2, 0.25) is 0 Å². The van der Waals surface area contributed by atoms with Crippen LogP contribution >= 0.6 is 0 Å². The standard InChI is InChI=1S/C13H24N2O2/c1-9-6-12(4-5-14-9)13(16)15-7-10(2)17-11(3)8-15/h9-12,14H,4-8H2,1-3H3/t9?,10-,11+,12?. The molecule has 4 atom stereocenters. The summed E-state index contributed by atoms with van der Waals surface area (Å²) < 4.78 is 5.67. The molecule has 2 fully saturated rings. The zero-order valence-corrected chi connectivity index (χ0v) is 11.1. The second-order valence-corrected chi connectivity index (χ2v) is 5.58. The van der Waals surface area contributed by atoms with Crippen LogP contribution in [0.15, 0.2) is 0 Å². The molecule has 2 saturated heterocycles. The Balaban J connectivity index is 1.94. The van der Waals surface area contributed by atoms with E-state index in [4.69, 9.17) is 4.74 Å². The fourth-order valence-electron chi connectivity index (χ4n) is 2.97. The predicted octanol–water partition coefficient (Wildman–Crippen LogP) is 1.01. The lowest BCUT2D eigenvalue weighted by atomic mass is 9.91. The predicted molar refractivity (Wildman–Crippen MR) is 66.8 cm³/mol. The normalized spacial score (nSPS) is 39.1. The highest BCUT2D eigenvalue weighted by Gasteiger charge is 2.32. The molecular formula is C13H24N2O2. The molecule has 2 unspecified atom stereocenters. The van der Waals surface area contributed by atoms with Crippen molar-refractivity contribution < 1.29 is 9.53 Å². The van der Waals surface area contributed by atoms with E-state index in [0.29, 0.717) is 11.9 Å². The fourth-order valence-corrected chi connectivity index (χ4v) is 2.97. The molecule has 2 aliphatic heterocycles. The van der Waals surface area contributed by atoms with Crippen molar-refractivity contribution in [3.05, 3.63) is 0 Å². The van der Waals surface area contributed by atoms with Gasteiger partial charge in [-0.05, 0) is 40.2 Å². The average Bonchev–Trinajstić information content (AvgIpc) is 2.26. The average molecular weight is 240 g/mol. The summed E-state index contributed by atoms with van der Waals surface area (Å²) in [7, 11) is 0. The molecule has 0 aromatic heterocycles. The summed E-state index contributed by atoms with van der Waals surface area (Å²) in [6.45, 7) is 8.71. The molecular weight excluding hydrogens is 216 g/mol. The van der Waals surface area contributed by atoms with Crippen LogP contribution in [0.5, 0.6) is 0 Å². The van der Waals surface area contributed by atoms with E-state index >= 15 is 0 Å². The summed E-state index contributed by atoms with van der Waals surface area (Å²) in [6.07, 6.45) is 2.28. The van der Waals surface area contributed by atoms with Crippen molar-refractivity contribution in [1.29, 1.82) is 0 Å². The zero-order chi connectivity index (χ0) is 12.4. The van der Waals surface area contributed by atoms with Crippen LogP contribution in [-0.4, -0.2) is 48.7 Å². The zero-order valence-electron chi connectivity index (χ0n) is 11.1. The Bertz CT molecular complexity index is 273. The minimum absolute atomic E-state index is 0.168. The van der Waals surface area contributed by atoms with Gasteiger partial charge in [0.2, 0.25) is 5.91 Å².